The van der Waals surface area contributed by atoms with Crippen LogP contribution in [-0.4, -0.2) is 17.5 Å². The average Bonchev–Trinajstić information content (AvgIpc) is 2.63. The summed E-state index contributed by atoms with van der Waals surface area (Å²) in [4.78, 5) is 12.2. The fraction of sp³-hybridized carbons (Fsp3) is 0.938. The van der Waals surface area contributed by atoms with Crippen LogP contribution in [0.3, 0.4) is 0 Å². The van der Waals surface area contributed by atoms with Gasteiger partial charge < -0.3 is 11.1 Å². The van der Waals surface area contributed by atoms with Crippen molar-refractivity contribution in [3.8, 4) is 0 Å². The molecule has 0 spiro atoms. The molecule has 110 valence electrons. The second-order valence-corrected chi connectivity index (χ2v) is 6.83. The van der Waals surface area contributed by atoms with Gasteiger partial charge in [-0.2, -0.15) is 0 Å². The highest BCUT2D eigenvalue weighted by atomic mass is 16.1. The van der Waals surface area contributed by atoms with Crippen LogP contribution in [0, 0.1) is 11.8 Å². The molecule has 2 aliphatic carbocycles. The zero-order valence-electron chi connectivity index (χ0n) is 12.6. The summed E-state index contributed by atoms with van der Waals surface area (Å²) in [6.07, 6.45) is 10.9. The van der Waals surface area contributed by atoms with Crippen molar-refractivity contribution in [2.75, 3.05) is 0 Å². The van der Waals surface area contributed by atoms with Crippen LogP contribution >= 0.6 is 0 Å². The Morgan fingerprint density at radius 2 is 1.68 bits per heavy atom. The molecule has 2 aliphatic rings. The van der Waals surface area contributed by atoms with E-state index in [4.69, 9.17) is 5.73 Å². The normalized spacial score (nSPS) is 37.8. The quantitative estimate of drug-likeness (QED) is 0.772. The number of carbonyl (C=O) groups is 1. The van der Waals surface area contributed by atoms with Crippen molar-refractivity contribution in [2.24, 2.45) is 17.6 Å². The van der Waals surface area contributed by atoms with E-state index < -0.39 is 5.54 Å². The molecular weight excluding hydrogens is 236 g/mol. The van der Waals surface area contributed by atoms with Crippen molar-refractivity contribution in [3.63, 3.8) is 0 Å². The smallest absolute Gasteiger partial charge is 0.238 e. The standard InChI is InChI=1S/C16H30N2O/c1-12-8-7-11-16(13(12)2,15(17)19)18-14-9-5-3-4-6-10-14/h12-14,18H,3-11H2,1-2H3,(H2,17,19). The molecule has 0 saturated heterocycles. The van der Waals surface area contributed by atoms with Gasteiger partial charge >= 0.3 is 0 Å². The molecule has 3 unspecified atom stereocenters. The Labute approximate surface area is 117 Å². The largest absolute Gasteiger partial charge is 0.368 e. The minimum absolute atomic E-state index is 0.129. The molecule has 3 N–H and O–H groups in total. The van der Waals surface area contributed by atoms with Crippen LogP contribution in [0.4, 0.5) is 0 Å². The summed E-state index contributed by atoms with van der Waals surface area (Å²) in [6, 6.07) is 0.489. The molecule has 3 atom stereocenters. The predicted molar refractivity (Wildman–Crippen MR) is 78.7 cm³/mol. The van der Waals surface area contributed by atoms with Gasteiger partial charge in [-0.05, 0) is 31.1 Å². The van der Waals surface area contributed by atoms with Crippen LogP contribution in [0.15, 0.2) is 0 Å². The summed E-state index contributed by atoms with van der Waals surface area (Å²) >= 11 is 0. The average molecular weight is 266 g/mol. The Balaban J connectivity index is 2.12. The van der Waals surface area contributed by atoms with Crippen LogP contribution in [0.5, 0.6) is 0 Å². The lowest BCUT2D eigenvalue weighted by atomic mass is 9.67. The number of rotatable bonds is 3. The van der Waals surface area contributed by atoms with E-state index in [9.17, 15) is 4.79 Å². The fourth-order valence-electron chi connectivity index (χ4n) is 4.08. The number of nitrogens with one attached hydrogen (secondary N) is 1. The van der Waals surface area contributed by atoms with Gasteiger partial charge in [0.2, 0.25) is 5.91 Å². The Morgan fingerprint density at radius 3 is 2.26 bits per heavy atom. The molecule has 2 rings (SSSR count). The van der Waals surface area contributed by atoms with Gasteiger partial charge in [-0.1, -0.05) is 52.4 Å². The summed E-state index contributed by atoms with van der Waals surface area (Å²) in [6.45, 7) is 4.47. The molecule has 2 fully saturated rings. The number of primary amides is 1. The molecule has 0 aromatic carbocycles. The molecule has 0 bridgehead atoms. The van der Waals surface area contributed by atoms with E-state index in [0.29, 0.717) is 17.9 Å². The summed E-state index contributed by atoms with van der Waals surface area (Å²) in [5, 5.41) is 3.72. The van der Waals surface area contributed by atoms with Gasteiger partial charge in [-0.3, -0.25) is 4.79 Å². The van der Waals surface area contributed by atoms with Crippen LogP contribution in [0.25, 0.3) is 0 Å². The number of hydrogen-bond donors (Lipinski definition) is 2. The first-order valence-corrected chi connectivity index (χ1v) is 8.14. The Bertz CT molecular complexity index is 310. The van der Waals surface area contributed by atoms with E-state index in [1.807, 2.05) is 0 Å². The molecule has 3 nitrogen and oxygen atoms in total. The van der Waals surface area contributed by atoms with Gasteiger partial charge in [0.25, 0.3) is 0 Å². The maximum Gasteiger partial charge on any atom is 0.238 e. The molecule has 0 aliphatic heterocycles. The number of hydrogen-bond acceptors (Lipinski definition) is 2. The van der Waals surface area contributed by atoms with Crippen LogP contribution in [0.1, 0.15) is 71.6 Å². The van der Waals surface area contributed by atoms with E-state index in [1.54, 1.807) is 0 Å². The van der Waals surface area contributed by atoms with Gasteiger partial charge in [-0.15, -0.1) is 0 Å². The molecule has 0 radical (unpaired) electrons. The minimum atomic E-state index is -0.452. The van der Waals surface area contributed by atoms with Gasteiger partial charge in [0.15, 0.2) is 0 Å². The Hall–Kier alpha value is -0.570. The number of amides is 1. The Morgan fingerprint density at radius 1 is 1.05 bits per heavy atom. The van der Waals surface area contributed by atoms with Crippen LogP contribution in [0.2, 0.25) is 0 Å². The molecule has 19 heavy (non-hydrogen) atoms. The van der Waals surface area contributed by atoms with Crippen molar-refractivity contribution in [2.45, 2.75) is 83.2 Å². The summed E-state index contributed by atoms with van der Waals surface area (Å²) < 4.78 is 0. The fourth-order valence-corrected chi connectivity index (χ4v) is 4.08. The molecule has 3 heteroatoms. The molecular formula is C16H30N2O. The van der Waals surface area contributed by atoms with Crippen molar-refractivity contribution in [3.05, 3.63) is 0 Å². The van der Waals surface area contributed by atoms with E-state index in [1.165, 1.54) is 44.9 Å². The predicted octanol–water partition coefficient (Wildman–Crippen LogP) is 2.98. The van der Waals surface area contributed by atoms with Gasteiger partial charge in [-0.25, -0.2) is 0 Å². The summed E-state index contributed by atoms with van der Waals surface area (Å²) in [5.41, 5.74) is 5.36. The van der Waals surface area contributed by atoms with Crippen molar-refractivity contribution in [1.82, 2.24) is 5.32 Å². The van der Waals surface area contributed by atoms with Crippen molar-refractivity contribution < 1.29 is 4.79 Å². The second kappa shape index (κ2) is 6.25. The van der Waals surface area contributed by atoms with Gasteiger partial charge in [0.1, 0.15) is 5.54 Å². The van der Waals surface area contributed by atoms with Crippen molar-refractivity contribution >= 4 is 5.91 Å². The lowest BCUT2D eigenvalue weighted by Crippen LogP contribution is -2.64. The highest BCUT2D eigenvalue weighted by Crippen LogP contribution is 2.38. The summed E-state index contributed by atoms with van der Waals surface area (Å²) in [7, 11) is 0. The molecule has 0 aromatic rings. The zero-order chi connectivity index (χ0) is 13.9. The topological polar surface area (TPSA) is 55.1 Å². The molecule has 2 saturated carbocycles. The zero-order valence-corrected chi connectivity index (χ0v) is 12.6. The Kier molecular flexibility index (Phi) is 4.88. The maximum absolute atomic E-state index is 12.2. The monoisotopic (exact) mass is 266 g/mol. The summed E-state index contributed by atoms with van der Waals surface area (Å²) in [5.74, 6) is 0.803. The van der Waals surface area contributed by atoms with Gasteiger partial charge in [0.05, 0.1) is 0 Å². The van der Waals surface area contributed by atoms with Crippen molar-refractivity contribution in [1.29, 1.82) is 0 Å². The lowest BCUT2D eigenvalue weighted by molar-refractivity contribution is -0.129. The van der Waals surface area contributed by atoms with Crippen LogP contribution in [-0.2, 0) is 4.79 Å². The highest BCUT2D eigenvalue weighted by molar-refractivity contribution is 5.85. The first-order valence-electron chi connectivity index (χ1n) is 8.14. The highest BCUT2D eigenvalue weighted by Gasteiger charge is 2.47. The third-order valence-corrected chi connectivity index (χ3v) is 5.62. The van der Waals surface area contributed by atoms with E-state index in [0.717, 1.165) is 12.8 Å². The van der Waals surface area contributed by atoms with E-state index >= 15 is 0 Å². The molecule has 0 aromatic heterocycles. The minimum Gasteiger partial charge on any atom is -0.368 e. The second-order valence-electron chi connectivity index (χ2n) is 6.83. The van der Waals surface area contributed by atoms with Gasteiger partial charge in [0, 0.05) is 6.04 Å². The van der Waals surface area contributed by atoms with E-state index in [2.05, 4.69) is 19.2 Å². The SMILES string of the molecule is CC1CCCC(NC2CCCCCC2)(C(N)=O)C1C. The third-order valence-electron chi connectivity index (χ3n) is 5.62. The lowest BCUT2D eigenvalue weighted by Gasteiger charge is -2.46. The number of carbonyl (C=O) groups excluding carboxylic acids is 1. The maximum atomic E-state index is 12.2. The van der Waals surface area contributed by atoms with E-state index in [-0.39, 0.29) is 5.91 Å². The molecule has 1 amide bonds. The first-order chi connectivity index (χ1) is 9.06. The third kappa shape index (κ3) is 3.13. The molecule has 0 heterocycles. The number of nitrogens with two attached hydrogens (primary N) is 1. The first kappa shape index (κ1) is 14.8. The van der Waals surface area contributed by atoms with Crippen LogP contribution < -0.4 is 11.1 Å².